The maximum Gasteiger partial charge on any atom is 0.243 e. The van der Waals surface area contributed by atoms with E-state index in [0.717, 1.165) is 21.7 Å². The van der Waals surface area contributed by atoms with Crippen LogP contribution in [-0.2, 0) is 21.2 Å². The first-order valence-electron chi connectivity index (χ1n) is 8.81. The van der Waals surface area contributed by atoms with Gasteiger partial charge >= 0.3 is 0 Å². The van der Waals surface area contributed by atoms with Crippen LogP contribution >= 0.6 is 11.6 Å². The van der Waals surface area contributed by atoms with Crippen LogP contribution in [0.5, 0.6) is 0 Å². The first-order valence-corrected chi connectivity index (χ1v) is 11.0. The van der Waals surface area contributed by atoms with E-state index in [2.05, 4.69) is 5.32 Å². The van der Waals surface area contributed by atoms with Gasteiger partial charge in [-0.05, 0) is 43.0 Å². The van der Waals surface area contributed by atoms with Gasteiger partial charge in [-0.15, -0.1) is 0 Å². The van der Waals surface area contributed by atoms with E-state index in [0.29, 0.717) is 30.1 Å². The highest BCUT2D eigenvalue weighted by molar-refractivity contribution is 7.92. The molecule has 0 saturated carbocycles. The van der Waals surface area contributed by atoms with Crippen molar-refractivity contribution in [2.45, 2.75) is 32.7 Å². The Bertz CT molecular complexity index is 885. The van der Waals surface area contributed by atoms with Gasteiger partial charge in [0.05, 0.1) is 11.9 Å². The van der Waals surface area contributed by atoms with Crippen molar-refractivity contribution >= 4 is 33.2 Å². The first kappa shape index (κ1) is 21.3. The van der Waals surface area contributed by atoms with E-state index in [9.17, 15) is 13.2 Å². The van der Waals surface area contributed by atoms with Crippen molar-refractivity contribution in [2.75, 3.05) is 17.1 Å². The highest BCUT2D eigenvalue weighted by atomic mass is 35.5. The minimum absolute atomic E-state index is 0.324. The van der Waals surface area contributed by atoms with Gasteiger partial charge in [0.2, 0.25) is 15.9 Å². The number of hydrogen-bond donors (Lipinski definition) is 1. The van der Waals surface area contributed by atoms with Crippen molar-refractivity contribution in [3.63, 3.8) is 0 Å². The molecule has 1 unspecified atom stereocenters. The van der Waals surface area contributed by atoms with Crippen molar-refractivity contribution in [3.05, 3.63) is 64.7 Å². The Kier molecular flexibility index (Phi) is 7.27. The molecule has 146 valence electrons. The van der Waals surface area contributed by atoms with Crippen LogP contribution in [0.3, 0.4) is 0 Å². The summed E-state index contributed by atoms with van der Waals surface area (Å²) >= 11 is 6.16. The smallest absolute Gasteiger partial charge is 0.243 e. The molecule has 2 aromatic rings. The van der Waals surface area contributed by atoms with Crippen LogP contribution in [0.4, 0.5) is 5.69 Å². The standard InChI is InChI=1S/C20H25ClN2O3S/c1-4-19(20(24)22-13-12-16-8-6-5-7-9-16)23(27(3,25)26)17-11-10-15(2)18(21)14-17/h5-11,14,19H,4,12-13H2,1-3H3,(H,22,24). The van der Waals surface area contributed by atoms with Crippen molar-refractivity contribution in [3.8, 4) is 0 Å². The second-order valence-electron chi connectivity index (χ2n) is 6.44. The summed E-state index contributed by atoms with van der Waals surface area (Å²) in [6.07, 6.45) is 2.12. The van der Waals surface area contributed by atoms with Gasteiger partial charge in [-0.1, -0.05) is 54.9 Å². The maximum absolute atomic E-state index is 12.7. The van der Waals surface area contributed by atoms with Gasteiger partial charge in [-0.3, -0.25) is 9.10 Å². The van der Waals surface area contributed by atoms with Gasteiger partial charge in [-0.2, -0.15) is 0 Å². The third kappa shape index (κ3) is 5.71. The summed E-state index contributed by atoms with van der Waals surface area (Å²) in [7, 11) is -3.67. The summed E-state index contributed by atoms with van der Waals surface area (Å²) in [6, 6.07) is 14.0. The number of nitrogens with one attached hydrogen (secondary N) is 1. The predicted octanol–water partition coefficient (Wildman–Crippen LogP) is 3.55. The van der Waals surface area contributed by atoms with Crippen molar-refractivity contribution in [1.29, 1.82) is 0 Å². The number of benzene rings is 2. The van der Waals surface area contributed by atoms with Crippen LogP contribution < -0.4 is 9.62 Å². The van der Waals surface area contributed by atoms with Crippen LogP contribution in [-0.4, -0.2) is 33.2 Å². The fourth-order valence-electron chi connectivity index (χ4n) is 2.87. The third-order valence-electron chi connectivity index (χ3n) is 4.30. The van der Waals surface area contributed by atoms with E-state index >= 15 is 0 Å². The van der Waals surface area contributed by atoms with Crippen molar-refractivity contribution in [2.24, 2.45) is 0 Å². The van der Waals surface area contributed by atoms with E-state index in [1.54, 1.807) is 25.1 Å². The average Bonchev–Trinajstić information content (AvgIpc) is 2.62. The van der Waals surface area contributed by atoms with Gasteiger partial charge < -0.3 is 5.32 Å². The molecule has 0 bridgehead atoms. The van der Waals surface area contributed by atoms with Gasteiger partial charge in [-0.25, -0.2) is 8.42 Å². The molecule has 0 heterocycles. The Labute approximate surface area is 166 Å². The zero-order chi connectivity index (χ0) is 20.0. The van der Waals surface area contributed by atoms with Gasteiger partial charge in [0, 0.05) is 11.6 Å². The van der Waals surface area contributed by atoms with Crippen LogP contribution in [0.2, 0.25) is 5.02 Å². The van der Waals surface area contributed by atoms with Crippen molar-refractivity contribution in [1.82, 2.24) is 5.32 Å². The SMILES string of the molecule is CCC(C(=O)NCCc1ccccc1)N(c1ccc(C)c(Cl)c1)S(C)(=O)=O. The molecule has 2 aromatic carbocycles. The molecule has 0 aliphatic heterocycles. The molecule has 1 amide bonds. The Morgan fingerprint density at radius 3 is 2.41 bits per heavy atom. The summed E-state index contributed by atoms with van der Waals surface area (Å²) in [5, 5.41) is 3.31. The number of sulfonamides is 1. The lowest BCUT2D eigenvalue weighted by Crippen LogP contribution is -2.49. The fraction of sp³-hybridized carbons (Fsp3) is 0.350. The number of anilines is 1. The molecule has 0 radical (unpaired) electrons. The number of carbonyl (C=O) groups excluding carboxylic acids is 1. The number of carbonyl (C=O) groups is 1. The molecule has 0 spiro atoms. The quantitative estimate of drug-likeness (QED) is 0.726. The molecule has 0 aliphatic carbocycles. The van der Waals surface area contributed by atoms with E-state index in [-0.39, 0.29) is 5.91 Å². The molecule has 0 saturated heterocycles. The van der Waals surface area contributed by atoms with E-state index in [1.807, 2.05) is 37.3 Å². The van der Waals surface area contributed by atoms with E-state index < -0.39 is 16.1 Å². The zero-order valence-corrected chi connectivity index (χ0v) is 17.3. The number of aryl methyl sites for hydroxylation is 1. The lowest BCUT2D eigenvalue weighted by Gasteiger charge is -2.30. The molecule has 27 heavy (non-hydrogen) atoms. The van der Waals surface area contributed by atoms with Crippen LogP contribution in [0, 0.1) is 6.92 Å². The fourth-order valence-corrected chi connectivity index (χ4v) is 4.25. The number of halogens is 1. The summed E-state index contributed by atoms with van der Waals surface area (Å²) in [5.41, 5.74) is 2.34. The van der Waals surface area contributed by atoms with Crippen molar-refractivity contribution < 1.29 is 13.2 Å². The van der Waals surface area contributed by atoms with Gasteiger partial charge in [0.15, 0.2) is 0 Å². The highest BCUT2D eigenvalue weighted by Gasteiger charge is 2.31. The highest BCUT2D eigenvalue weighted by Crippen LogP contribution is 2.27. The topological polar surface area (TPSA) is 66.5 Å². The lowest BCUT2D eigenvalue weighted by atomic mass is 10.1. The molecule has 0 aromatic heterocycles. The predicted molar refractivity (Wildman–Crippen MR) is 111 cm³/mol. The minimum Gasteiger partial charge on any atom is -0.354 e. The number of nitrogens with zero attached hydrogens (tertiary/aromatic N) is 1. The molecule has 1 N–H and O–H groups in total. The Morgan fingerprint density at radius 2 is 1.85 bits per heavy atom. The second-order valence-corrected chi connectivity index (χ2v) is 8.71. The van der Waals surface area contributed by atoms with Crippen LogP contribution in [0.15, 0.2) is 48.5 Å². The second kappa shape index (κ2) is 9.24. The Hall–Kier alpha value is -2.05. The lowest BCUT2D eigenvalue weighted by molar-refractivity contribution is -0.122. The summed E-state index contributed by atoms with van der Waals surface area (Å²) in [5.74, 6) is -0.324. The molecular weight excluding hydrogens is 384 g/mol. The summed E-state index contributed by atoms with van der Waals surface area (Å²) in [6.45, 7) is 4.06. The third-order valence-corrected chi connectivity index (χ3v) is 5.88. The number of hydrogen-bond acceptors (Lipinski definition) is 3. The normalized spacial score (nSPS) is 12.4. The average molecular weight is 409 g/mol. The minimum atomic E-state index is -3.67. The Balaban J connectivity index is 2.18. The van der Waals surface area contributed by atoms with E-state index in [1.165, 1.54) is 0 Å². The zero-order valence-electron chi connectivity index (χ0n) is 15.8. The van der Waals surface area contributed by atoms with Crippen LogP contribution in [0.25, 0.3) is 0 Å². The Morgan fingerprint density at radius 1 is 1.19 bits per heavy atom. The summed E-state index contributed by atoms with van der Waals surface area (Å²) < 4.78 is 26.0. The number of amides is 1. The van der Waals surface area contributed by atoms with Gasteiger partial charge in [0.1, 0.15) is 6.04 Å². The monoisotopic (exact) mass is 408 g/mol. The summed E-state index contributed by atoms with van der Waals surface area (Å²) in [4.78, 5) is 12.7. The maximum atomic E-state index is 12.7. The molecule has 0 fully saturated rings. The molecule has 5 nitrogen and oxygen atoms in total. The number of rotatable bonds is 8. The van der Waals surface area contributed by atoms with Crippen LogP contribution in [0.1, 0.15) is 24.5 Å². The van der Waals surface area contributed by atoms with E-state index in [4.69, 9.17) is 11.6 Å². The molecule has 0 aliphatic rings. The molecule has 7 heteroatoms. The largest absolute Gasteiger partial charge is 0.354 e. The first-order chi connectivity index (χ1) is 12.7. The molecule has 1 atom stereocenters. The molecular formula is C20H25ClN2O3S. The van der Waals surface area contributed by atoms with Gasteiger partial charge in [0.25, 0.3) is 0 Å². The molecule has 2 rings (SSSR count).